The summed E-state index contributed by atoms with van der Waals surface area (Å²) in [6.07, 6.45) is 3.65. The Hall–Kier alpha value is -4.26. The number of nitrogens with two attached hydrogens (primary N) is 1. The summed E-state index contributed by atoms with van der Waals surface area (Å²) in [6.45, 7) is 2.02. The lowest BCUT2D eigenvalue weighted by Gasteiger charge is -2.08. The molecule has 0 aliphatic carbocycles. The fourth-order valence-corrected chi connectivity index (χ4v) is 3.55. The number of benzene rings is 2. The number of nitrogens with zero attached hydrogens (tertiary/aromatic N) is 4. The minimum atomic E-state index is -0.330. The molecule has 0 atom stereocenters. The molecule has 31 heavy (non-hydrogen) atoms. The van der Waals surface area contributed by atoms with Crippen molar-refractivity contribution in [1.29, 1.82) is 0 Å². The average Bonchev–Trinajstić information content (AvgIpc) is 3.12. The van der Waals surface area contributed by atoms with Gasteiger partial charge < -0.3 is 11.1 Å². The van der Waals surface area contributed by atoms with Gasteiger partial charge in [0.05, 0.1) is 16.8 Å². The van der Waals surface area contributed by atoms with E-state index in [0.717, 1.165) is 27.9 Å². The van der Waals surface area contributed by atoms with Crippen molar-refractivity contribution in [1.82, 2.24) is 19.6 Å². The first kappa shape index (κ1) is 18.7. The van der Waals surface area contributed by atoms with Crippen molar-refractivity contribution >= 4 is 22.8 Å². The topological polar surface area (TPSA) is 81.1 Å². The summed E-state index contributed by atoms with van der Waals surface area (Å²) in [5.74, 6) is 0.0381. The van der Waals surface area contributed by atoms with Gasteiger partial charge in [0, 0.05) is 29.3 Å². The van der Waals surface area contributed by atoms with Gasteiger partial charge in [-0.2, -0.15) is 5.10 Å². The normalized spacial score (nSPS) is 11.0. The second kappa shape index (κ2) is 7.53. The lowest BCUT2D eigenvalue weighted by molar-refractivity contribution is 0.628. The SMILES string of the molecule is Cc1ccc2c(-c3ccnc(Nc4cccc(F)c4)n3)c(-c3cccc(N)c3)nn2c1. The minimum absolute atomic E-state index is 0.330. The van der Waals surface area contributed by atoms with Gasteiger partial charge in [-0.05, 0) is 55.0 Å². The third-order valence-corrected chi connectivity index (χ3v) is 4.93. The van der Waals surface area contributed by atoms with E-state index in [1.54, 1.807) is 18.3 Å². The summed E-state index contributed by atoms with van der Waals surface area (Å²) in [4.78, 5) is 8.99. The van der Waals surface area contributed by atoms with E-state index in [-0.39, 0.29) is 5.82 Å². The van der Waals surface area contributed by atoms with Crippen LogP contribution in [0.1, 0.15) is 5.56 Å². The van der Waals surface area contributed by atoms with Crippen LogP contribution < -0.4 is 11.1 Å². The number of halogens is 1. The van der Waals surface area contributed by atoms with Crippen LogP contribution in [0.25, 0.3) is 28.0 Å². The highest BCUT2D eigenvalue weighted by atomic mass is 19.1. The number of aromatic nitrogens is 4. The zero-order valence-electron chi connectivity index (χ0n) is 16.7. The molecular weight excluding hydrogens is 391 g/mol. The molecule has 6 nitrogen and oxygen atoms in total. The van der Waals surface area contributed by atoms with Gasteiger partial charge in [0.2, 0.25) is 5.95 Å². The Bertz CT molecular complexity index is 1410. The van der Waals surface area contributed by atoms with Crippen LogP contribution in [0.2, 0.25) is 0 Å². The van der Waals surface area contributed by atoms with Gasteiger partial charge in [-0.3, -0.25) is 0 Å². The Balaban J connectivity index is 1.66. The number of nitrogens with one attached hydrogen (secondary N) is 1. The highest BCUT2D eigenvalue weighted by Crippen LogP contribution is 2.35. The Morgan fingerprint density at radius 3 is 2.71 bits per heavy atom. The van der Waals surface area contributed by atoms with E-state index >= 15 is 0 Å². The van der Waals surface area contributed by atoms with Crippen molar-refractivity contribution < 1.29 is 4.39 Å². The molecule has 2 aromatic carbocycles. The van der Waals surface area contributed by atoms with Crippen molar-refractivity contribution in [2.75, 3.05) is 11.1 Å². The third-order valence-electron chi connectivity index (χ3n) is 4.93. The number of aryl methyl sites for hydroxylation is 1. The van der Waals surface area contributed by atoms with E-state index < -0.39 is 0 Å². The average molecular weight is 410 g/mol. The summed E-state index contributed by atoms with van der Waals surface area (Å²) < 4.78 is 15.4. The quantitative estimate of drug-likeness (QED) is 0.397. The van der Waals surface area contributed by atoms with Crippen LogP contribution in [0.15, 0.2) is 79.1 Å². The highest BCUT2D eigenvalue weighted by Gasteiger charge is 2.18. The number of anilines is 3. The summed E-state index contributed by atoms with van der Waals surface area (Å²) >= 11 is 0. The molecule has 0 saturated carbocycles. The zero-order valence-corrected chi connectivity index (χ0v) is 16.7. The third kappa shape index (κ3) is 3.69. The molecule has 0 aliphatic rings. The molecule has 0 bridgehead atoms. The monoisotopic (exact) mass is 410 g/mol. The summed E-state index contributed by atoms with van der Waals surface area (Å²) in [5, 5.41) is 7.88. The number of fused-ring (bicyclic) bond motifs is 1. The van der Waals surface area contributed by atoms with E-state index in [1.807, 2.05) is 60.1 Å². The predicted octanol–water partition coefficient (Wildman–Crippen LogP) is 5.23. The Labute approximate surface area is 178 Å². The van der Waals surface area contributed by atoms with Crippen LogP contribution in [0.3, 0.4) is 0 Å². The number of rotatable bonds is 4. The number of pyridine rings is 1. The molecule has 0 radical (unpaired) electrons. The molecule has 0 amide bonds. The summed E-state index contributed by atoms with van der Waals surface area (Å²) in [5.41, 5.74) is 12.5. The first-order valence-electron chi connectivity index (χ1n) is 9.78. The molecule has 3 aromatic heterocycles. The van der Waals surface area contributed by atoms with Crippen LogP contribution >= 0.6 is 0 Å². The molecule has 5 rings (SSSR count). The van der Waals surface area contributed by atoms with E-state index in [1.165, 1.54) is 12.1 Å². The number of hydrogen-bond donors (Lipinski definition) is 2. The van der Waals surface area contributed by atoms with Crippen LogP contribution in [0.4, 0.5) is 21.7 Å². The van der Waals surface area contributed by atoms with Gasteiger partial charge in [0.25, 0.3) is 0 Å². The summed E-state index contributed by atoms with van der Waals surface area (Å²) in [6, 6.07) is 19.7. The lowest BCUT2D eigenvalue weighted by atomic mass is 10.0. The van der Waals surface area contributed by atoms with Gasteiger partial charge in [0.1, 0.15) is 11.5 Å². The molecule has 3 N–H and O–H groups in total. The Morgan fingerprint density at radius 1 is 1.00 bits per heavy atom. The fraction of sp³-hybridized carbons (Fsp3) is 0.0417. The van der Waals surface area contributed by atoms with Crippen molar-refractivity contribution in [3.05, 3.63) is 90.5 Å². The van der Waals surface area contributed by atoms with Crippen molar-refractivity contribution in [2.24, 2.45) is 0 Å². The maximum atomic E-state index is 13.6. The molecule has 152 valence electrons. The van der Waals surface area contributed by atoms with Gasteiger partial charge in [0.15, 0.2) is 0 Å². The maximum Gasteiger partial charge on any atom is 0.227 e. The van der Waals surface area contributed by atoms with Crippen LogP contribution in [0.5, 0.6) is 0 Å². The van der Waals surface area contributed by atoms with Crippen LogP contribution in [-0.4, -0.2) is 19.6 Å². The van der Waals surface area contributed by atoms with E-state index in [4.69, 9.17) is 15.8 Å². The molecule has 3 heterocycles. The van der Waals surface area contributed by atoms with Gasteiger partial charge >= 0.3 is 0 Å². The van der Waals surface area contributed by atoms with Crippen LogP contribution in [-0.2, 0) is 0 Å². The molecule has 0 aliphatic heterocycles. The smallest absolute Gasteiger partial charge is 0.227 e. The first-order chi connectivity index (χ1) is 15.1. The standard InChI is InChI=1S/C24H19FN6/c1-15-8-9-21-22(23(30-31(21)14-15)16-4-2-6-18(26)12-16)20-10-11-27-24(29-20)28-19-7-3-5-17(25)13-19/h2-14H,26H2,1H3,(H,27,28,29). The molecule has 7 heteroatoms. The lowest BCUT2D eigenvalue weighted by Crippen LogP contribution is -1.98. The van der Waals surface area contributed by atoms with E-state index in [2.05, 4.69) is 10.3 Å². The van der Waals surface area contributed by atoms with Crippen molar-refractivity contribution in [3.8, 4) is 22.5 Å². The molecule has 0 spiro atoms. The Kier molecular flexibility index (Phi) is 4.55. The van der Waals surface area contributed by atoms with E-state index in [0.29, 0.717) is 23.0 Å². The summed E-state index contributed by atoms with van der Waals surface area (Å²) in [7, 11) is 0. The molecular formula is C24H19FN6. The largest absolute Gasteiger partial charge is 0.399 e. The molecule has 0 fully saturated rings. The first-order valence-corrected chi connectivity index (χ1v) is 9.78. The zero-order chi connectivity index (χ0) is 21.4. The molecule has 5 aromatic rings. The number of hydrogen-bond acceptors (Lipinski definition) is 5. The maximum absolute atomic E-state index is 13.6. The highest BCUT2D eigenvalue weighted by molar-refractivity contribution is 5.91. The van der Waals surface area contributed by atoms with E-state index in [9.17, 15) is 4.39 Å². The van der Waals surface area contributed by atoms with Gasteiger partial charge in [-0.1, -0.05) is 24.3 Å². The predicted molar refractivity (Wildman–Crippen MR) is 120 cm³/mol. The second-order valence-corrected chi connectivity index (χ2v) is 7.29. The van der Waals surface area contributed by atoms with Gasteiger partial charge in [-0.15, -0.1) is 0 Å². The number of nitrogen functional groups attached to an aromatic ring is 1. The van der Waals surface area contributed by atoms with Gasteiger partial charge in [-0.25, -0.2) is 18.9 Å². The molecule has 0 unspecified atom stereocenters. The minimum Gasteiger partial charge on any atom is -0.399 e. The fourth-order valence-electron chi connectivity index (χ4n) is 3.55. The second-order valence-electron chi connectivity index (χ2n) is 7.29. The molecule has 0 saturated heterocycles. The van der Waals surface area contributed by atoms with Crippen molar-refractivity contribution in [3.63, 3.8) is 0 Å². The Morgan fingerprint density at radius 2 is 1.87 bits per heavy atom. The van der Waals surface area contributed by atoms with Crippen molar-refractivity contribution in [2.45, 2.75) is 6.92 Å². The van der Waals surface area contributed by atoms with Crippen LogP contribution in [0, 0.1) is 12.7 Å².